The van der Waals surface area contributed by atoms with Crippen molar-refractivity contribution in [1.29, 1.82) is 0 Å². The van der Waals surface area contributed by atoms with Gasteiger partial charge in [0.05, 0.1) is 0 Å². The fourth-order valence-corrected chi connectivity index (χ4v) is 2.89. The number of anilines is 2. The zero-order valence-corrected chi connectivity index (χ0v) is 13.6. The molecule has 2 unspecified atom stereocenters. The zero-order chi connectivity index (χ0) is 15.4. The Kier molecular flexibility index (Phi) is 5.39. The van der Waals surface area contributed by atoms with Gasteiger partial charge in [0.2, 0.25) is 0 Å². The second-order valence-corrected chi connectivity index (χ2v) is 6.21. The standard InChI is InChI=1S/C16H28N4O/c1-5-17-15-11(4)16(20-14(19-15)10(2)3)18-13-8-6-7-12(13)9-21/h10,12-13,21H,5-9H2,1-4H3,(H2,17,18,19,20). The van der Waals surface area contributed by atoms with Gasteiger partial charge in [-0.1, -0.05) is 20.3 Å². The number of hydrogen-bond donors (Lipinski definition) is 3. The summed E-state index contributed by atoms with van der Waals surface area (Å²) in [7, 11) is 0. The minimum atomic E-state index is 0.249. The molecule has 1 fully saturated rings. The molecule has 118 valence electrons. The topological polar surface area (TPSA) is 70.1 Å². The molecule has 1 aromatic heterocycles. The maximum Gasteiger partial charge on any atom is 0.135 e. The Morgan fingerprint density at radius 1 is 1.24 bits per heavy atom. The monoisotopic (exact) mass is 292 g/mol. The first kappa shape index (κ1) is 16.0. The molecular weight excluding hydrogens is 264 g/mol. The molecule has 0 aliphatic heterocycles. The van der Waals surface area contributed by atoms with E-state index in [-0.39, 0.29) is 6.61 Å². The van der Waals surface area contributed by atoms with E-state index in [1.54, 1.807) is 0 Å². The van der Waals surface area contributed by atoms with Gasteiger partial charge in [-0.05, 0) is 26.7 Å². The highest BCUT2D eigenvalue weighted by Gasteiger charge is 2.27. The molecule has 5 nitrogen and oxygen atoms in total. The molecule has 0 aromatic carbocycles. The predicted octanol–water partition coefficient (Wildman–Crippen LogP) is 2.91. The van der Waals surface area contributed by atoms with Crippen molar-refractivity contribution >= 4 is 11.6 Å². The first-order valence-corrected chi connectivity index (χ1v) is 8.06. The van der Waals surface area contributed by atoms with Crippen LogP contribution in [0.15, 0.2) is 0 Å². The summed E-state index contributed by atoms with van der Waals surface area (Å²) in [5.74, 6) is 3.31. The molecule has 2 atom stereocenters. The van der Waals surface area contributed by atoms with Crippen molar-refractivity contribution in [3.63, 3.8) is 0 Å². The number of aliphatic hydroxyl groups is 1. The summed E-state index contributed by atoms with van der Waals surface area (Å²) in [6, 6.07) is 0.318. The maximum absolute atomic E-state index is 9.48. The number of aliphatic hydroxyl groups excluding tert-OH is 1. The summed E-state index contributed by atoms with van der Waals surface area (Å²) in [6.07, 6.45) is 3.36. The Labute approximate surface area is 127 Å². The van der Waals surface area contributed by atoms with Gasteiger partial charge >= 0.3 is 0 Å². The summed E-state index contributed by atoms with van der Waals surface area (Å²) in [5.41, 5.74) is 1.06. The van der Waals surface area contributed by atoms with Crippen LogP contribution in [0.3, 0.4) is 0 Å². The summed E-state index contributed by atoms with van der Waals surface area (Å²) >= 11 is 0. The molecule has 5 heteroatoms. The first-order valence-electron chi connectivity index (χ1n) is 8.06. The molecule has 0 spiro atoms. The third kappa shape index (κ3) is 3.64. The second kappa shape index (κ2) is 7.07. The largest absolute Gasteiger partial charge is 0.396 e. The van der Waals surface area contributed by atoms with Gasteiger partial charge in [0.1, 0.15) is 17.5 Å². The van der Waals surface area contributed by atoms with Crippen molar-refractivity contribution in [2.75, 3.05) is 23.8 Å². The van der Waals surface area contributed by atoms with Crippen molar-refractivity contribution in [2.45, 2.75) is 58.9 Å². The highest BCUT2D eigenvalue weighted by molar-refractivity contribution is 5.58. The molecule has 3 N–H and O–H groups in total. The van der Waals surface area contributed by atoms with Crippen LogP contribution in [0, 0.1) is 12.8 Å². The van der Waals surface area contributed by atoms with E-state index >= 15 is 0 Å². The molecule has 1 saturated carbocycles. The molecule has 0 radical (unpaired) electrons. The molecule has 21 heavy (non-hydrogen) atoms. The Morgan fingerprint density at radius 3 is 2.57 bits per heavy atom. The summed E-state index contributed by atoms with van der Waals surface area (Å²) < 4.78 is 0. The van der Waals surface area contributed by atoms with Crippen molar-refractivity contribution in [3.05, 3.63) is 11.4 Å². The lowest BCUT2D eigenvalue weighted by atomic mass is 10.0. The lowest BCUT2D eigenvalue weighted by Gasteiger charge is -2.22. The second-order valence-electron chi connectivity index (χ2n) is 6.21. The van der Waals surface area contributed by atoms with E-state index < -0.39 is 0 Å². The smallest absolute Gasteiger partial charge is 0.135 e. The molecule has 1 aliphatic carbocycles. The molecule has 0 amide bonds. The van der Waals surface area contributed by atoms with E-state index in [4.69, 9.17) is 4.98 Å². The van der Waals surface area contributed by atoms with Gasteiger partial charge in [-0.25, -0.2) is 9.97 Å². The Hall–Kier alpha value is -1.36. The average Bonchev–Trinajstić information content (AvgIpc) is 2.90. The maximum atomic E-state index is 9.48. The van der Waals surface area contributed by atoms with E-state index in [0.717, 1.165) is 42.4 Å². The number of nitrogens with zero attached hydrogens (tertiary/aromatic N) is 2. The molecule has 0 saturated heterocycles. The van der Waals surface area contributed by atoms with E-state index in [1.165, 1.54) is 6.42 Å². The van der Waals surface area contributed by atoms with Crippen molar-refractivity contribution in [1.82, 2.24) is 9.97 Å². The Balaban J connectivity index is 2.28. The van der Waals surface area contributed by atoms with Crippen molar-refractivity contribution in [3.8, 4) is 0 Å². The quantitative estimate of drug-likeness (QED) is 0.752. The van der Waals surface area contributed by atoms with Gasteiger partial charge in [-0.15, -0.1) is 0 Å². The van der Waals surface area contributed by atoms with Crippen LogP contribution in [0.1, 0.15) is 57.3 Å². The van der Waals surface area contributed by atoms with Gasteiger partial charge < -0.3 is 15.7 Å². The van der Waals surface area contributed by atoms with E-state index in [1.807, 2.05) is 6.92 Å². The number of hydrogen-bond acceptors (Lipinski definition) is 5. The fraction of sp³-hybridized carbons (Fsp3) is 0.750. The van der Waals surface area contributed by atoms with Crippen LogP contribution in [0.4, 0.5) is 11.6 Å². The van der Waals surface area contributed by atoms with Crippen molar-refractivity contribution < 1.29 is 5.11 Å². The lowest BCUT2D eigenvalue weighted by molar-refractivity contribution is 0.222. The number of rotatable bonds is 6. The molecule has 1 aliphatic rings. The summed E-state index contributed by atoms with van der Waals surface area (Å²) in [4.78, 5) is 9.33. The van der Waals surface area contributed by atoms with E-state index in [9.17, 15) is 5.11 Å². The number of aromatic nitrogens is 2. The third-order valence-electron chi connectivity index (χ3n) is 4.24. The minimum Gasteiger partial charge on any atom is -0.396 e. The van der Waals surface area contributed by atoms with E-state index in [2.05, 4.69) is 36.4 Å². The van der Waals surface area contributed by atoms with Crippen LogP contribution in [0.25, 0.3) is 0 Å². The molecule has 1 aromatic rings. The summed E-state index contributed by atoms with van der Waals surface area (Å²) in [5, 5.41) is 16.4. The average molecular weight is 292 g/mol. The third-order valence-corrected chi connectivity index (χ3v) is 4.24. The zero-order valence-electron chi connectivity index (χ0n) is 13.6. The van der Waals surface area contributed by atoms with Crippen LogP contribution >= 0.6 is 0 Å². The van der Waals surface area contributed by atoms with Crippen LogP contribution in [0.5, 0.6) is 0 Å². The predicted molar refractivity (Wildman–Crippen MR) is 86.9 cm³/mol. The van der Waals surface area contributed by atoms with Crippen LogP contribution < -0.4 is 10.6 Å². The van der Waals surface area contributed by atoms with E-state index in [0.29, 0.717) is 17.9 Å². The number of nitrogens with one attached hydrogen (secondary N) is 2. The Bertz CT molecular complexity index is 476. The lowest BCUT2D eigenvalue weighted by Crippen LogP contribution is -2.27. The fourth-order valence-electron chi connectivity index (χ4n) is 2.89. The van der Waals surface area contributed by atoms with Crippen LogP contribution in [-0.4, -0.2) is 34.3 Å². The molecule has 0 bridgehead atoms. The first-order chi connectivity index (χ1) is 10.1. The highest BCUT2D eigenvalue weighted by atomic mass is 16.3. The van der Waals surface area contributed by atoms with Crippen LogP contribution in [-0.2, 0) is 0 Å². The SMILES string of the molecule is CCNc1nc(C(C)C)nc(NC2CCCC2CO)c1C. The normalized spacial score (nSPS) is 21.8. The minimum absolute atomic E-state index is 0.249. The molecule has 1 heterocycles. The van der Waals surface area contributed by atoms with Gasteiger partial charge in [0.15, 0.2) is 0 Å². The van der Waals surface area contributed by atoms with Gasteiger partial charge in [-0.2, -0.15) is 0 Å². The summed E-state index contributed by atoms with van der Waals surface area (Å²) in [6.45, 7) is 9.43. The van der Waals surface area contributed by atoms with Crippen molar-refractivity contribution in [2.24, 2.45) is 5.92 Å². The van der Waals surface area contributed by atoms with Crippen LogP contribution in [0.2, 0.25) is 0 Å². The van der Waals surface area contributed by atoms with Gasteiger partial charge in [0, 0.05) is 36.6 Å². The highest BCUT2D eigenvalue weighted by Crippen LogP contribution is 2.30. The van der Waals surface area contributed by atoms with Gasteiger partial charge in [-0.3, -0.25) is 0 Å². The van der Waals surface area contributed by atoms with Gasteiger partial charge in [0.25, 0.3) is 0 Å². The molecular formula is C16H28N4O. The molecule has 2 rings (SSSR count). The Morgan fingerprint density at radius 2 is 1.95 bits per heavy atom.